The molecule has 0 unspecified atom stereocenters. The topological polar surface area (TPSA) is 15.7 Å². The molecule has 2 fully saturated rings. The van der Waals surface area contributed by atoms with Gasteiger partial charge in [0.1, 0.15) is 0 Å². The second-order valence-electron chi connectivity index (χ2n) is 4.83. The SMILES string of the molecule is CCN1CCC(N2CCOC[C@@H]2C)CC1. The van der Waals surface area contributed by atoms with Crippen LogP contribution in [0, 0.1) is 0 Å². The van der Waals surface area contributed by atoms with E-state index in [-0.39, 0.29) is 0 Å². The molecule has 0 aromatic rings. The molecule has 2 aliphatic heterocycles. The van der Waals surface area contributed by atoms with Crippen LogP contribution in [0.4, 0.5) is 0 Å². The van der Waals surface area contributed by atoms with Crippen molar-refractivity contribution in [3.8, 4) is 0 Å². The molecule has 0 amide bonds. The van der Waals surface area contributed by atoms with E-state index in [0.717, 1.165) is 25.8 Å². The van der Waals surface area contributed by atoms with Gasteiger partial charge in [0.25, 0.3) is 0 Å². The number of nitrogens with zero attached hydrogens (tertiary/aromatic N) is 2. The summed E-state index contributed by atoms with van der Waals surface area (Å²) < 4.78 is 5.49. The summed E-state index contributed by atoms with van der Waals surface area (Å²) >= 11 is 0. The van der Waals surface area contributed by atoms with Crippen LogP contribution in [-0.4, -0.2) is 61.3 Å². The third-order valence-corrected chi connectivity index (χ3v) is 3.89. The molecule has 1 atom stereocenters. The predicted molar refractivity (Wildman–Crippen MR) is 62.1 cm³/mol. The van der Waals surface area contributed by atoms with Crippen LogP contribution >= 0.6 is 0 Å². The maximum absolute atomic E-state index is 5.49. The van der Waals surface area contributed by atoms with Gasteiger partial charge in [0, 0.05) is 18.6 Å². The molecule has 3 heteroatoms. The van der Waals surface area contributed by atoms with Gasteiger partial charge < -0.3 is 9.64 Å². The number of rotatable bonds is 2. The number of likely N-dealkylation sites (tertiary alicyclic amines) is 1. The van der Waals surface area contributed by atoms with Crippen LogP contribution in [0.25, 0.3) is 0 Å². The van der Waals surface area contributed by atoms with E-state index in [1.54, 1.807) is 0 Å². The fourth-order valence-corrected chi connectivity index (χ4v) is 2.85. The first-order valence-electron chi connectivity index (χ1n) is 6.37. The highest BCUT2D eigenvalue weighted by Gasteiger charge is 2.28. The number of piperidine rings is 1. The third kappa shape index (κ3) is 2.71. The summed E-state index contributed by atoms with van der Waals surface area (Å²) in [6.07, 6.45) is 2.69. The number of ether oxygens (including phenoxy) is 1. The number of hydrogen-bond acceptors (Lipinski definition) is 3. The summed E-state index contributed by atoms with van der Waals surface area (Å²) in [7, 11) is 0. The van der Waals surface area contributed by atoms with Gasteiger partial charge in [-0.1, -0.05) is 6.92 Å². The molecule has 3 nitrogen and oxygen atoms in total. The lowest BCUT2D eigenvalue weighted by Crippen LogP contribution is -2.52. The van der Waals surface area contributed by atoms with E-state index >= 15 is 0 Å². The van der Waals surface area contributed by atoms with E-state index in [1.807, 2.05) is 0 Å². The van der Waals surface area contributed by atoms with E-state index in [4.69, 9.17) is 4.74 Å². The molecular formula is C12H24N2O. The van der Waals surface area contributed by atoms with Gasteiger partial charge in [-0.15, -0.1) is 0 Å². The molecule has 2 saturated heterocycles. The lowest BCUT2D eigenvalue weighted by molar-refractivity contribution is -0.0346. The highest BCUT2D eigenvalue weighted by atomic mass is 16.5. The van der Waals surface area contributed by atoms with Crippen molar-refractivity contribution in [2.75, 3.05) is 39.4 Å². The fourth-order valence-electron chi connectivity index (χ4n) is 2.85. The van der Waals surface area contributed by atoms with Crippen molar-refractivity contribution >= 4 is 0 Å². The maximum atomic E-state index is 5.49. The molecule has 2 aliphatic rings. The third-order valence-electron chi connectivity index (χ3n) is 3.89. The summed E-state index contributed by atoms with van der Waals surface area (Å²) in [6, 6.07) is 1.43. The van der Waals surface area contributed by atoms with Crippen LogP contribution in [0.3, 0.4) is 0 Å². The molecular weight excluding hydrogens is 188 g/mol. The van der Waals surface area contributed by atoms with Crippen molar-refractivity contribution in [2.24, 2.45) is 0 Å². The second kappa shape index (κ2) is 5.28. The largest absolute Gasteiger partial charge is 0.379 e. The Morgan fingerprint density at radius 3 is 2.53 bits per heavy atom. The Labute approximate surface area is 93.4 Å². The van der Waals surface area contributed by atoms with Crippen LogP contribution < -0.4 is 0 Å². The van der Waals surface area contributed by atoms with Crippen LogP contribution in [0.5, 0.6) is 0 Å². The van der Waals surface area contributed by atoms with Gasteiger partial charge in [0.05, 0.1) is 13.2 Å². The van der Waals surface area contributed by atoms with Gasteiger partial charge in [-0.2, -0.15) is 0 Å². The van der Waals surface area contributed by atoms with Gasteiger partial charge in [-0.25, -0.2) is 0 Å². The van der Waals surface area contributed by atoms with Crippen LogP contribution in [-0.2, 0) is 4.74 Å². The molecule has 2 heterocycles. The molecule has 0 aromatic heterocycles. The van der Waals surface area contributed by atoms with Gasteiger partial charge in [-0.05, 0) is 39.4 Å². The minimum Gasteiger partial charge on any atom is -0.379 e. The summed E-state index contributed by atoms with van der Waals surface area (Å²) in [5.74, 6) is 0. The monoisotopic (exact) mass is 212 g/mol. The molecule has 0 spiro atoms. The average Bonchev–Trinajstić information content (AvgIpc) is 2.30. The van der Waals surface area contributed by atoms with Crippen molar-refractivity contribution < 1.29 is 4.74 Å². The molecule has 0 N–H and O–H groups in total. The minimum atomic E-state index is 0.622. The fraction of sp³-hybridized carbons (Fsp3) is 1.00. The molecule has 0 radical (unpaired) electrons. The summed E-state index contributed by atoms with van der Waals surface area (Å²) in [4.78, 5) is 5.22. The number of morpholine rings is 1. The van der Waals surface area contributed by atoms with E-state index < -0.39 is 0 Å². The summed E-state index contributed by atoms with van der Waals surface area (Å²) in [5, 5.41) is 0. The average molecular weight is 212 g/mol. The Bertz CT molecular complexity index is 190. The quantitative estimate of drug-likeness (QED) is 0.684. The number of hydrogen-bond donors (Lipinski definition) is 0. The molecule has 15 heavy (non-hydrogen) atoms. The van der Waals surface area contributed by atoms with E-state index in [1.165, 1.54) is 32.5 Å². The zero-order valence-electron chi connectivity index (χ0n) is 10.1. The van der Waals surface area contributed by atoms with Crippen molar-refractivity contribution in [3.05, 3.63) is 0 Å². The Balaban J connectivity index is 1.83. The summed E-state index contributed by atoms with van der Waals surface area (Å²) in [5.41, 5.74) is 0. The van der Waals surface area contributed by atoms with Gasteiger partial charge in [0.15, 0.2) is 0 Å². The Kier molecular flexibility index (Phi) is 4.00. The lowest BCUT2D eigenvalue weighted by atomic mass is 10.0. The normalized spacial score (nSPS) is 32.0. The van der Waals surface area contributed by atoms with Gasteiger partial charge >= 0.3 is 0 Å². The first kappa shape index (κ1) is 11.4. The Morgan fingerprint density at radius 1 is 1.20 bits per heavy atom. The van der Waals surface area contributed by atoms with Crippen LogP contribution in [0.2, 0.25) is 0 Å². The molecule has 0 saturated carbocycles. The maximum Gasteiger partial charge on any atom is 0.0619 e. The van der Waals surface area contributed by atoms with Crippen molar-refractivity contribution in [1.82, 2.24) is 9.80 Å². The first-order valence-corrected chi connectivity index (χ1v) is 6.37. The van der Waals surface area contributed by atoms with Crippen LogP contribution in [0.15, 0.2) is 0 Å². The van der Waals surface area contributed by atoms with E-state index in [2.05, 4.69) is 23.6 Å². The van der Waals surface area contributed by atoms with Crippen molar-refractivity contribution in [1.29, 1.82) is 0 Å². The predicted octanol–water partition coefficient (Wildman–Crippen LogP) is 1.19. The molecule has 88 valence electrons. The van der Waals surface area contributed by atoms with Crippen molar-refractivity contribution in [2.45, 2.75) is 38.8 Å². The van der Waals surface area contributed by atoms with Crippen LogP contribution in [0.1, 0.15) is 26.7 Å². The second-order valence-corrected chi connectivity index (χ2v) is 4.83. The zero-order chi connectivity index (χ0) is 10.7. The van der Waals surface area contributed by atoms with Gasteiger partial charge in [-0.3, -0.25) is 4.90 Å². The van der Waals surface area contributed by atoms with E-state index in [9.17, 15) is 0 Å². The standard InChI is InChI=1S/C12H24N2O/c1-3-13-6-4-12(5-7-13)14-8-9-15-10-11(14)2/h11-12H,3-10H2,1-2H3/t11-/m0/s1. The Morgan fingerprint density at radius 2 is 1.93 bits per heavy atom. The Hall–Kier alpha value is -0.120. The zero-order valence-corrected chi connectivity index (χ0v) is 10.1. The molecule has 0 aromatic carbocycles. The lowest BCUT2D eigenvalue weighted by Gasteiger charge is -2.43. The highest BCUT2D eigenvalue weighted by molar-refractivity contribution is 4.83. The van der Waals surface area contributed by atoms with E-state index in [0.29, 0.717) is 6.04 Å². The first-order chi connectivity index (χ1) is 7.31. The van der Waals surface area contributed by atoms with Gasteiger partial charge in [0.2, 0.25) is 0 Å². The highest BCUT2D eigenvalue weighted by Crippen LogP contribution is 2.20. The van der Waals surface area contributed by atoms with Crippen molar-refractivity contribution in [3.63, 3.8) is 0 Å². The molecule has 2 rings (SSSR count). The summed E-state index contributed by atoms with van der Waals surface area (Å²) in [6.45, 7) is 11.3. The molecule has 0 aliphatic carbocycles. The minimum absolute atomic E-state index is 0.622. The molecule has 0 bridgehead atoms. The smallest absolute Gasteiger partial charge is 0.0619 e.